The molecule has 0 aliphatic heterocycles. The molecule has 0 aliphatic rings. The van der Waals surface area contributed by atoms with Crippen molar-refractivity contribution in [2.75, 3.05) is 0 Å². The first-order chi connectivity index (χ1) is 13.0. The minimum atomic E-state index is -5.36. The third kappa shape index (κ3) is 5.75. The maximum absolute atomic E-state index is 12.5. The molecule has 0 saturated heterocycles. The molecule has 0 fully saturated rings. The number of aliphatic carboxylic acids is 2. The molecule has 0 aromatic heterocycles. The standard InChI is InChI=1S/C20H22O7S.2Na/c1-13(15-9-5-3-6-10-15)20(19(23)24,17(18(21)22)28(25,26)27)14(2)16-11-7-4-8-12-16;;/h3-14,17H,1-2H3,(H,21,22)(H,23,24)(H,25,26,27);;/q;2*+1/p-2. The van der Waals surface area contributed by atoms with Crippen LogP contribution in [0.3, 0.4) is 0 Å². The Kier molecular flexibility index (Phi) is 11.5. The van der Waals surface area contributed by atoms with Crippen molar-refractivity contribution in [3.05, 3.63) is 71.8 Å². The average Bonchev–Trinajstić information content (AvgIpc) is 2.64. The Morgan fingerprint density at radius 3 is 1.40 bits per heavy atom. The topological polar surface area (TPSA) is 135 Å². The number of carboxylic acid groups (broad SMARTS) is 2. The molecule has 30 heavy (non-hydrogen) atoms. The smallest absolute Gasteiger partial charge is 0.549 e. The molecule has 2 aromatic carbocycles. The van der Waals surface area contributed by atoms with Crippen LogP contribution in [0, 0.1) is 5.41 Å². The molecule has 0 heterocycles. The van der Waals surface area contributed by atoms with E-state index in [1.165, 1.54) is 13.8 Å². The Labute approximate surface area is 220 Å². The van der Waals surface area contributed by atoms with Gasteiger partial charge in [0.1, 0.15) is 5.25 Å². The fourth-order valence-corrected chi connectivity index (χ4v) is 5.13. The molecule has 10 heteroatoms. The fourth-order valence-electron chi connectivity index (χ4n) is 3.89. The quantitative estimate of drug-likeness (QED) is 0.313. The van der Waals surface area contributed by atoms with Crippen molar-refractivity contribution in [3.63, 3.8) is 0 Å². The summed E-state index contributed by atoms with van der Waals surface area (Å²) in [4.78, 5) is 24.3. The van der Waals surface area contributed by atoms with Gasteiger partial charge in [0.15, 0.2) is 0 Å². The van der Waals surface area contributed by atoms with Crippen LogP contribution >= 0.6 is 0 Å². The third-order valence-electron chi connectivity index (χ3n) is 5.33. The number of carboxylic acids is 2. The van der Waals surface area contributed by atoms with E-state index in [1.807, 2.05) is 0 Å². The van der Waals surface area contributed by atoms with Crippen LogP contribution in [0.5, 0.6) is 0 Å². The second-order valence-corrected chi connectivity index (χ2v) is 8.20. The molecular formula is C20H20Na2O7S. The van der Waals surface area contributed by atoms with Crippen LogP contribution < -0.4 is 69.3 Å². The summed E-state index contributed by atoms with van der Waals surface area (Å²) >= 11 is 0. The number of carbonyl (C=O) groups is 2. The molecule has 3 unspecified atom stereocenters. The van der Waals surface area contributed by atoms with Crippen LogP contribution in [0.15, 0.2) is 60.7 Å². The first-order valence-corrected chi connectivity index (χ1v) is 10.0. The normalized spacial score (nSPS) is 16.0. The van der Waals surface area contributed by atoms with Gasteiger partial charge in [0, 0.05) is 5.41 Å². The fraction of sp³-hybridized carbons (Fsp3) is 0.300. The van der Waals surface area contributed by atoms with Crippen molar-refractivity contribution >= 4 is 22.1 Å². The molecule has 0 spiro atoms. The van der Waals surface area contributed by atoms with Gasteiger partial charge in [-0.05, 0) is 23.0 Å². The first-order valence-electron chi connectivity index (χ1n) is 8.53. The van der Waals surface area contributed by atoms with E-state index in [-0.39, 0.29) is 59.1 Å². The molecule has 2 aromatic rings. The van der Waals surface area contributed by atoms with Crippen molar-refractivity contribution in [2.24, 2.45) is 5.41 Å². The van der Waals surface area contributed by atoms with Crippen LogP contribution in [0.25, 0.3) is 0 Å². The van der Waals surface area contributed by atoms with Gasteiger partial charge >= 0.3 is 59.1 Å². The molecule has 1 N–H and O–H groups in total. The SMILES string of the molecule is CC(c1ccccc1)C(C(=O)[O-])(C(C)c1ccccc1)C(C(=O)[O-])S(=O)(=O)O.[Na+].[Na+]. The van der Waals surface area contributed by atoms with E-state index >= 15 is 0 Å². The van der Waals surface area contributed by atoms with Gasteiger partial charge < -0.3 is 19.8 Å². The summed E-state index contributed by atoms with van der Waals surface area (Å²) in [5.74, 6) is -6.43. The predicted octanol–water partition coefficient (Wildman–Crippen LogP) is -5.66. The molecule has 7 nitrogen and oxygen atoms in total. The molecule has 3 atom stereocenters. The molecule has 2 rings (SSSR count). The van der Waals surface area contributed by atoms with Gasteiger partial charge in [-0.25, -0.2) is 0 Å². The summed E-state index contributed by atoms with van der Waals surface area (Å²) in [6.07, 6.45) is 0. The second kappa shape index (κ2) is 11.8. The van der Waals surface area contributed by atoms with Gasteiger partial charge in [-0.3, -0.25) is 4.55 Å². The number of carbonyl (C=O) groups excluding carboxylic acids is 2. The van der Waals surface area contributed by atoms with Gasteiger partial charge in [0.2, 0.25) is 0 Å². The summed E-state index contributed by atoms with van der Waals surface area (Å²) < 4.78 is 33.8. The number of rotatable bonds is 8. The van der Waals surface area contributed by atoms with Crippen LogP contribution in [-0.2, 0) is 19.7 Å². The molecule has 0 saturated carbocycles. The van der Waals surface area contributed by atoms with Gasteiger partial charge in [0.05, 0.1) is 11.9 Å². The summed E-state index contributed by atoms with van der Waals surface area (Å²) in [7, 11) is -5.36. The monoisotopic (exact) mass is 450 g/mol. The predicted molar refractivity (Wildman–Crippen MR) is 97.5 cm³/mol. The summed E-state index contributed by atoms with van der Waals surface area (Å²) in [6, 6.07) is 16.0. The zero-order chi connectivity index (χ0) is 21.1. The molecular weight excluding hydrogens is 430 g/mol. The van der Waals surface area contributed by atoms with E-state index in [4.69, 9.17) is 0 Å². The molecule has 0 amide bonds. The van der Waals surface area contributed by atoms with Crippen LogP contribution in [0.2, 0.25) is 0 Å². The van der Waals surface area contributed by atoms with Crippen molar-refractivity contribution in [1.29, 1.82) is 0 Å². The van der Waals surface area contributed by atoms with E-state index in [9.17, 15) is 32.8 Å². The van der Waals surface area contributed by atoms with Crippen molar-refractivity contribution in [2.45, 2.75) is 30.9 Å². The Morgan fingerprint density at radius 2 is 1.17 bits per heavy atom. The van der Waals surface area contributed by atoms with E-state index in [2.05, 4.69) is 0 Å². The van der Waals surface area contributed by atoms with E-state index < -0.39 is 44.6 Å². The van der Waals surface area contributed by atoms with E-state index in [1.54, 1.807) is 60.7 Å². The maximum atomic E-state index is 12.5. The largest absolute Gasteiger partial charge is 1.00 e. The summed E-state index contributed by atoms with van der Waals surface area (Å²) in [5, 5.41) is 21.6. The zero-order valence-electron chi connectivity index (χ0n) is 17.3. The zero-order valence-corrected chi connectivity index (χ0v) is 22.1. The minimum Gasteiger partial charge on any atom is -0.549 e. The Hall–Kier alpha value is -0.710. The molecule has 0 radical (unpaired) electrons. The van der Waals surface area contributed by atoms with Crippen molar-refractivity contribution in [3.8, 4) is 0 Å². The van der Waals surface area contributed by atoms with E-state index in [0.29, 0.717) is 11.1 Å². The number of benzene rings is 2. The van der Waals surface area contributed by atoms with E-state index in [0.717, 1.165) is 0 Å². The third-order valence-corrected chi connectivity index (χ3v) is 6.51. The minimum absolute atomic E-state index is 0. The summed E-state index contributed by atoms with van der Waals surface area (Å²) in [5.41, 5.74) is -1.79. The van der Waals surface area contributed by atoms with Crippen molar-refractivity contribution in [1.82, 2.24) is 0 Å². The Balaban J connectivity index is 0.00000420. The van der Waals surface area contributed by atoms with Crippen LogP contribution in [0.1, 0.15) is 36.8 Å². The second-order valence-electron chi connectivity index (χ2n) is 6.70. The first kappa shape index (κ1) is 29.3. The average molecular weight is 450 g/mol. The molecule has 0 aliphatic carbocycles. The molecule has 150 valence electrons. The van der Waals surface area contributed by atoms with Gasteiger partial charge in [0.25, 0.3) is 10.1 Å². The number of hydrogen-bond acceptors (Lipinski definition) is 6. The molecule has 0 bridgehead atoms. The van der Waals surface area contributed by atoms with Gasteiger partial charge in [-0.1, -0.05) is 74.5 Å². The van der Waals surface area contributed by atoms with Gasteiger partial charge in [-0.2, -0.15) is 8.42 Å². The van der Waals surface area contributed by atoms with Crippen LogP contribution in [0.4, 0.5) is 0 Å². The summed E-state index contributed by atoms with van der Waals surface area (Å²) in [6.45, 7) is 2.79. The Bertz CT molecular complexity index is 904. The van der Waals surface area contributed by atoms with Crippen molar-refractivity contribution < 1.29 is 91.9 Å². The maximum Gasteiger partial charge on any atom is 1.00 e. The van der Waals surface area contributed by atoms with Crippen LogP contribution in [-0.4, -0.2) is 30.2 Å². The van der Waals surface area contributed by atoms with Gasteiger partial charge in [-0.15, -0.1) is 0 Å². The number of hydrogen-bond donors (Lipinski definition) is 1. The Morgan fingerprint density at radius 1 is 0.833 bits per heavy atom.